The third-order valence-corrected chi connectivity index (χ3v) is 3.12. The van der Waals surface area contributed by atoms with E-state index in [1.54, 1.807) is 11.8 Å². The van der Waals surface area contributed by atoms with Gasteiger partial charge in [0.05, 0.1) is 0 Å². The van der Waals surface area contributed by atoms with Crippen molar-refractivity contribution in [3.63, 3.8) is 0 Å². The molecule has 0 radical (unpaired) electrons. The Bertz CT molecular complexity index is 469. The van der Waals surface area contributed by atoms with Crippen LogP contribution in [0.5, 0.6) is 0 Å². The van der Waals surface area contributed by atoms with Crippen molar-refractivity contribution in [3.8, 4) is 0 Å². The zero-order valence-electron chi connectivity index (χ0n) is 9.47. The van der Waals surface area contributed by atoms with E-state index >= 15 is 0 Å². The molecule has 1 aromatic carbocycles. The van der Waals surface area contributed by atoms with Gasteiger partial charge in [-0.3, -0.25) is 0 Å². The molecule has 0 bridgehead atoms. The van der Waals surface area contributed by atoms with Crippen LogP contribution in [0.25, 0.3) is 0 Å². The van der Waals surface area contributed by atoms with E-state index in [0.29, 0.717) is 0 Å². The van der Waals surface area contributed by atoms with Gasteiger partial charge in [-0.1, -0.05) is 36.9 Å². The standard InChI is InChI=1S/C13H14N2S/c1-3-11-9-13(15-10(2)14-11)16-12-7-5-4-6-8-12/h4-9H,3H2,1-2H3. The molecule has 1 heterocycles. The van der Waals surface area contributed by atoms with Crippen molar-refractivity contribution in [2.75, 3.05) is 0 Å². The summed E-state index contributed by atoms with van der Waals surface area (Å²) in [4.78, 5) is 10.0. The molecular weight excluding hydrogens is 216 g/mol. The van der Waals surface area contributed by atoms with Crippen molar-refractivity contribution in [3.05, 3.63) is 47.9 Å². The van der Waals surface area contributed by atoms with Gasteiger partial charge in [-0.05, 0) is 31.5 Å². The van der Waals surface area contributed by atoms with Gasteiger partial charge in [-0.25, -0.2) is 9.97 Å². The average molecular weight is 230 g/mol. The Balaban J connectivity index is 2.24. The van der Waals surface area contributed by atoms with Gasteiger partial charge in [0, 0.05) is 10.6 Å². The monoisotopic (exact) mass is 230 g/mol. The summed E-state index contributed by atoms with van der Waals surface area (Å²) in [5, 5.41) is 1.02. The molecule has 0 spiro atoms. The van der Waals surface area contributed by atoms with E-state index in [2.05, 4.69) is 35.1 Å². The van der Waals surface area contributed by atoms with E-state index in [4.69, 9.17) is 0 Å². The largest absolute Gasteiger partial charge is 0.238 e. The second-order valence-corrected chi connectivity index (χ2v) is 4.61. The first-order valence-corrected chi connectivity index (χ1v) is 6.17. The molecule has 0 aliphatic heterocycles. The lowest BCUT2D eigenvalue weighted by Gasteiger charge is -2.04. The van der Waals surface area contributed by atoms with Crippen molar-refractivity contribution in [1.82, 2.24) is 9.97 Å². The third kappa shape index (κ3) is 2.83. The van der Waals surface area contributed by atoms with Crippen LogP contribution in [0.1, 0.15) is 18.4 Å². The van der Waals surface area contributed by atoms with Crippen LogP contribution in [-0.2, 0) is 6.42 Å². The van der Waals surface area contributed by atoms with Gasteiger partial charge < -0.3 is 0 Å². The van der Waals surface area contributed by atoms with Gasteiger partial charge in [-0.15, -0.1) is 0 Å². The Hall–Kier alpha value is -1.35. The summed E-state index contributed by atoms with van der Waals surface area (Å²) in [6.45, 7) is 4.05. The van der Waals surface area contributed by atoms with E-state index in [1.165, 1.54) is 4.90 Å². The predicted octanol–water partition coefficient (Wildman–Crippen LogP) is 3.50. The van der Waals surface area contributed by atoms with Crippen LogP contribution in [0.15, 0.2) is 46.3 Å². The minimum Gasteiger partial charge on any atom is -0.238 e. The van der Waals surface area contributed by atoms with Crippen LogP contribution in [0.2, 0.25) is 0 Å². The first-order valence-electron chi connectivity index (χ1n) is 5.35. The lowest BCUT2D eigenvalue weighted by Crippen LogP contribution is -1.95. The highest BCUT2D eigenvalue weighted by atomic mass is 32.2. The highest BCUT2D eigenvalue weighted by molar-refractivity contribution is 7.99. The first kappa shape index (κ1) is 11.1. The van der Waals surface area contributed by atoms with Gasteiger partial charge in [0.15, 0.2) is 0 Å². The van der Waals surface area contributed by atoms with E-state index in [9.17, 15) is 0 Å². The molecule has 2 aromatic rings. The lowest BCUT2D eigenvalue weighted by atomic mass is 10.3. The van der Waals surface area contributed by atoms with Crippen LogP contribution >= 0.6 is 11.8 Å². The minimum absolute atomic E-state index is 0.845. The number of nitrogens with zero attached hydrogens (tertiary/aromatic N) is 2. The summed E-state index contributed by atoms with van der Waals surface area (Å²) >= 11 is 1.68. The number of hydrogen-bond acceptors (Lipinski definition) is 3. The highest BCUT2D eigenvalue weighted by Gasteiger charge is 2.02. The summed E-state index contributed by atoms with van der Waals surface area (Å²) in [6.07, 6.45) is 0.950. The maximum atomic E-state index is 4.43. The minimum atomic E-state index is 0.845. The van der Waals surface area contributed by atoms with Crippen molar-refractivity contribution in [2.45, 2.75) is 30.2 Å². The molecule has 0 aliphatic rings. The van der Waals surface area contributed by atoms with E-state index in [-0.39, 0.29) is 0 Å². The molecule has 82 valence electrons. The summed E-state index contributed by atoms with van der Waals surface area (Å²) < 4.78 is 0. The highest BCUT2D eigenvalue weighted by Crippen LogP contribution is 2.25. The van der Waals surface area contributed by atoms with Gasteiger partial charge in [0.1, 0.15) is 10.9 Å². The summed E-state index contributed by atoms with van der Waals surface area (Å²) in [5.74, 6) is 0.845. The fourth-order valence-electron chi connectivity index (χ4n) is 1.44. The van der Waals surface area contributed by atoms with Crippen LogP contribution < -0.4 is 0 Å². The number of aryl methyl sites for hydroxylation is 2. The fourth-order valence-corrected chi connectivity index (χ4v) is 2.35. The van der Waals surface area contributed by atoms with Crippen LogP contribution in [-0.4, -0.2) is 9.97 Å². The molecule has 0 saturated heterocycles. The van der Waals surface area contributed by atoms with Crippen LogP contribution in [0, 0.1) is 6.92 Å². The number of benzene rings is 1. The Morgan fingerprint density at radius 2 is 1.88 bits per heavy atom. The second-order valence-electron chi connectivity index (χ2n) is 3.51. The smallest absolute Gasteiger partial charge is 0.126 e. The summed E-state index contributed by atoms with van der Waals surface area (Å²) in [5.41, 5.74) is 1.10. The average Bonchev–Trinajstić information content (AvgIpc) is 2.29. The second kappa shape index (κ2) is 5.12. The molecule has 0 atom stereocenters. The summed E-state index contributed by atoms with van der Waals surface area (Å²) in [6, 6.07) is 12.3. The fraction of sp³-hybridized carbons (Fsp3) is 0.231. The van der Waals surface area contributed by atoms with E-state index < -0.39 is 0 Å². The quantitative estimate of drug-likeness (QED) is 0.755. The number of rotatable bonds is 3. The number of aromatic nitrogens is 2. The number of hydrogen-bond donors (Lipinski definition) is 0. The molecule has 2 nitrogen and oxygen atoms in total. The maximum absolute atomic E-state index is 4.43. The topological polar surface area (TPSA) is 25.8 Å². The van der Waals surface area contributed by atoms with Crippen LogP contribution in [0.4, 0.5) is 0 Å². The van der Waals surface area contributed by atoms with E-state index in [0.717, 1.165) is 23.0 Å². The molecule has 0 amide bonds. The molecule has 0 fully saturated rings. The molecule has 1 aromatic heterocycles. The molecule has 3 heteroatoms. The Kier molecular flexibility index (Phi) is 3.57. The molecule has 0 aliphatic carbocycles. The van der Waals surface area contributed by atoms with Crippen molar-refractivity contribution >= 4 is 11.8 Å². The van der Waals surface area contributed by atoms with Gasteiger partial charge in [0.25, 0.3) is 0 Å². The molecule has 16 heavy (non-hydrogen) atoms. The van der Waals surface area contributed by atoms with Crippen molar-refractivity contribution in [1.29, 1.82) is 0 Å². The van der Waals surface area contributed by atoms with Gasteiger partial charge >= 0.3 is 0 Å². The first-order chi connectivity index (χ1) is 7.78. The Morgan fingerprint density at radius 3 is 2.56 bits per heavy atom. The predicted molar refractivity (Wildman–Crippen MR) is 66.7 cm³/mol. The zero-order chi connectivity index (χ0) is 11.4. The molecule has 2 rings (SSSR count). The molecule has 0 N–H and O–H groups in total. The SMILES string of the molecule is CCc1cc(Sc2ccccc2)nc(C)n1. The Morgan fingerprint density at radius 1 is 1.12 bits per heavy atom. The maximum Gasteiger partial charge on any atom is 0.126 e. The van der Waals surface area contributed by atoms with Crippen LogP contribution in [0.3, 0.4) is 0 Å². The molecule has 0 saturated carbocycles. The van der Waals surface area contributed by atoms with Gasteiger partial charge in [0.2, 0.25) is 0 Å². The zero-order valence-corrected chi connectivity index (χ0v) is 10.3. The van der Waals surface area contributed by atoms with E-state index in [1.807, 2.05) is 25.1 Å². The molecule has 0 unspecified atom stereocenters. The Labute approximate surface area is 100 Å². The summed E-state index contributed by atoms with van der Waals surface area (Å²) in [7, 11) is 0. The van der Waals surface area contributed by atoms with Crippen molar-refractivity contribution < 1.29 is 0 Å². The molecular formula is C13H14N2S. The third-order valence-electron chi connectivity index (χ3n) is 2.20. The van der Waals surface area contributed by atoms with Gasteiger partial charge in [-0.2, -0.15) is 0 Å². The lowest BCUT2D eigenvalue weighted by molar-refractivity contribution is 0.896. The van der Waals surface area contributed by atoms with Crippen molar-refractivity contribution in [2.24, 2.45) is 0 Å². The normalized spacial score (nSPS) is 10.4.